The van der Waals surface area contributed by atoms with Gasteiger partial charge in [-0.15, -0.1) is 0 Å². The Morgan fingerprint density at radius 3 is 2.68 bits per heavy atom. The number of halogens is 1. The van der Waals surface area contributed by atoms with Crippen LogP contribution in [0.3, 0.4) is 0 Å². The van der Waals surface area contributed by atoms with Crippen molar-refractivity contribution in [3.8, 4) is 5.75 Å². The molecule has 0 saturated carbocycles. The predicted molar refractivity (Wildman–Crippen MR) is 93.8 cm³/mol. The van der Waals surface area contributed by atoms with Gasteiger partial charge in [0.1, 0.15) is 16.4 Å². The molecular weight excluding hydrogens is 390 g/mol. The first-order valence-corrected chi connectivity index (χ1v) is 8.14. The predicted octanol–water partition coefficient (Wildman–Crippen LogP) is 1.60. The van der Waals surface area contributed by atoms with Crippen molar-refractivity contribution in [2.75, 3.05) is 0 Å². The first-order valence-electron chi connectivity index (χ1n) is 7.35. The van der Waals surface area contributed by atoms with Crippen LogP contribution >= 0.6 is 15.9 Å². The lowest BCUT2D eigenvalue weighted by atomic mass is 10.1. The Balaban J connectivity index is 2.14. The van der Waals surface area contributed by atoms with Gasteiger partial charge in [-0.1, -0.05) is 12.1 Å². The van der Waals surface area contributed by atoms with Crippen molar-refractivity contribution < 1.29 is 19.1 Å². The number of carbonyl (C=O) groups excluding carboxylic acids is 3. The molecular formula is C17H16BrN3O4. The minimum Gasteiger partial charge on any atom is -0.427 e. The van der Waals surface area contributed by atoms with E-state index in [1.54, 1.807) is 36.5 Å². The zero-order chi connectivity index (χ0) is 18.4. The molecule has 0 saturated heterocycles. The van der Waals surface area contributed by atoms with Gasteiger partial charge < -0.3 is 15.8 Å². The number of esters is 1. The van der Waals surface area contributed by atoms with E-state index in [2.05, 4.69) is 26.2 Å². The van der Waals surface area contributed by atoms with Gasteiger partial charge in [-0.05, 0) is 45.8 Å². The third-order valence-electron chi connectivity index (χ3n) is 3.27. The SMILES string of the molecule is CC(=O)Oc1cccc(C(=O)N[C@H](Cc2cccnc2Br)C(N)=O)c1. The van der Waals surface area contributed by atoms with E-state index < -0.39 is 23.8 Å². The topological polar surface area (TPSA) is 111 Å². The van der Waals surface area contributed by atoms with Gasteiger partial charge in [0.15, 0.2) is 0 Å². The number of carbonyl (C=O) groups is 3. The van der Waals surface area contributed by atoms with Gasteiger partial charge in [-0.25, -0.2) is 4.98 Å². The quantitative estimate of drug-likeness (QED) is 0.430. The van der Waals surface area contributed by atoms with E-state index in [4.69, 9.17) is 10.5 Å². The van der Waals surface area contributed by atoms with Crippen molar-refractivity contribution in [2.24, 2.45) is 5.73 Å². The third-order valence-corrected chi connectivity index (χ3v) is 3.98. The van der Waals surface area contributed by atoms with E-state index in [0.29, 0.717) is 4.60 Å². The number of hydrogen-bond acceptors (Lipinski definition) is 5. The first-order chi connectivity index (χ1) is 11.9. The van der Waals surface area contributed by atoms with Crippen LogP contribution in [0, 0.1) is 0 Å². The monoisotopic (exact) mass is 405 g/mol. The van der Waals surface area contributed by atoms with Gasteiger partial charge in [0.25, 0.3) is 5.91 Å². The summed E-state index contributed by atoms with van der Waals surface area (Å²) in [5.41, 5.74) is 6.38. The Kier molecular flexibility index (Phi) is 6.24. The Morgan fingerprint density at radius 2 is 2.04 bits per heavy atom. The van der Waals surface area contributed by atoms with Gasteiger partial charge in [0.05, 0.1) is 0 Å². The number of ether oxygens (including phenoxy) is 1. The maximum Gasteiger partial charge on any atom is 0.308 e. The van der Waals surface area contributed by atoms with Crippen LogP contribution in [0.2, 0.25) is 0 Å². The lowest BCUT2D eigenvalue weighted by Crippen LogP contribution is -2.45. The molecule has 7 nitrogen and oxygen atoms in total. The smallest absolute Gasteiger partial charge is 0.308 e. The number of nitrogens with two attached hydrogens (primary N) is 1. The molecule has 2 amide bonds. The molecule has 1 aromatic heterocycles. The second-order valence-corrected chi connectivity index (χ2v) is 5.96. The van der Waals surface area contributed by atoms with Crippen molar-refractivity contribution in [1.82, 2.24) is 10.3 Å². The Bertz CT molecular complexity index is 810. The third kappa shape index (κ3) is 5.39. The number of rotatable bonds is 6. The molecule has 0 unspecified atom stereocenters. The van der Waals surface area contributed by atoms with Crippen LogP contribution < -0.4 is 15.8 Å². The molecule has 0 spiro atoms. The summed E-state index contributed by atoms with van der Waals surface area (Å²) in [5.74, 6) is -1.42. The molecule has 0 fully saturated rings. The van der Waals surface area contributed by atoms with E-state index >= 15 is 0 Å². The van der Waals surface area contributed by atoms with E-state index in [9.17, 15) is 14.4 Å². The van der Waals surface area contributed by atoms with Crippen LogP contribution in [0.5, 0.6) is 5.75 Å². The molecule has 2 aromatic rings. The molecule has 1 aromatic carbocycles. The molecule has 1 heterocycles. The van der Waals surface area contributed by atoms with Crippen LogP contribution in [-0.4, -0.2) is 28.8 Å². The minimum atomic E-state index is -0.912. The fourth-order valence-corrected chi connectivity index (χ4v) is 2.53. The number of nitrogens with zero attached hydrogens (tertiary/aromatic N) is 1. The van der Waals surface area contributed by atoms with Crippen molar-refractivity contribution in [3.63, 3.8) is 0 Å². The molecule has 0 aliphatic rings. The van der Waals surface area contributed by atoms with E-state index in [1.807, 2.05) is 0 Å². The highest BCUT2D eigenvalue weighted by Gasteiger charge is 2.21. The van der Waals surface area contributed by atoms with E-state index in [1.165, 1.54) is 13.0 Å². The summed E-state index contributed by atoms with van der Waals surface area (Å²) in [4.78, 5) is 39.2. The Morgan fingerprint density at radius 1 is 1.28 bits per heavy atom. The average Bonchev–Trinajstić information content (AvgIpc) is 2.55. The molecule has 0 bridgehead atoms. The fourth-order valence-electron chi connectivity index (χ4n) is 2.12. The molecule has 0 aliphatic carbocycles. The highest BCUT2D eigenvalue weighted by atomic mass is 79.9. The van der Waals surface area contributed by atoms with Crippen molar-refractivity contribution in [3.05, 3.63) is 58.3 Å². The number of pyridine rings is 1. The zero-order valence-electron chi connectivity index (χ0n) is 13.4. The van der Waals surface area contributed by atoms with Gasteiger partial charge in [0, 0.05) is 25.1 Å². The molecule has 130 valence electrons. The number of aromatic nitrogens is 1. The lowest BCUT2D eigenvalue weighted by molar-refractivity contribution is -0.131. The van der Waals surface area contributed by atoms with Crippen LogP contribution in [0.4, 0.5) is 0 Å². The molecule has 25 heavy (non-hydrogen) atoms. The van der Waals surface area contributed by atoms with Crippen LogP contribution in [0.15, 0.2) is 47.2 Å². The standard InChI is InChI=1S/C17H16BrN3O4/c1-10(22)25-13-6-2-4-12(8-13)17(24)21-14(16(19)23)9-11-5-3-7-20-15(11)18/h2-8,14H,9H2,1H3,(H2,19,23)(H,21,24)/t14-/m1/s1. The summed E-state index contributed by atoms with van der Waals surface area (Å²) in [6.45, 7) is 1.27. The van der Waals surface area contributed by atoms with Gasteiger partial charge >= 0.3 is 5.97 Å². The maximum atomic E-state index is 12.4. The summed E-state index contributed by atoms with van der Waals surface area (Å²) in [7, 11) is 0. The van der Waals surface area contributed by atoms with Crippen molar-refractivity contribution in [2.45, 2.75) is 19.4 Å². The first kappa shape index (κ1) is 18.6. The molecule has 3 N–H and O–H groups in total. The van der Waals surface area contributed by atoms with Gasteiger partial charge in [0.2, 0.25) is 5.91 Å². The Labute approximate surface area is 152 Å². The molecule has 8 heteroatoms. The summed E-state index contributed by atoms with van der Waals surface area (Å²) < 4.78 is 5.52. The minimum absolute atomic E-state index is 0.194. The Hall–Kier alpha value is -2.74. The molecule has 0 aliphatic heterocycles. The normalized spacial score (nSPS) is 11.4. The van der Waals surface area contributed by atoms with Crippen LogP contribution in [0.1, 0.15) is 22.8 Å². The molecule has 2 rings (SSSR count). The number of benzene rings is 1. The largest absolute Gasteiger partial charge is 0.427 e. The number of nitrogens with one attached hydrogen (secondary N) is 1. The number of primary amides is 1. The van der Waals surface area contributed by atoms with Crippen LogP contribution in [-0.2, 0) is 16.0 Å². The maximum absolute atomic E-state index is 12.4. The average molecular weight is 406 g/mol. The number of amides is 2. The van der Waals surface area contributed by atoms with Crippen LogP contribution in [0.25, 0.3) is 0 Å². The van der Waals surface area contributed by atoms with Gasteiger partial charge in [-0.3, -0.25) is 14.4 Å². The van der Waals surface area contributed by atoms with E-state index in [0.717, 1.165) is 5.56 Å². The van der Waals surface area contributed by atoms with Crippen molar-refractivity contribution in [1.29, 1.82) is 0 Å². The second kappa shape index (κ2) is 8.39. The molecule has 1 atom stereocenters. The highest BCUT2D eigenvalue weighted by Crippen LogP contribution is 2.16. The highest BCUT2D eigenvalue weighted by molar-refractivity contribution is 9.10. The zero-order valence-corrected chi connectivity index (χ0v) is 14.9. The summed E-state index contributed by atoms with van der Waals surface area (Å²) >= 11 is 3.29. The second-order valence-electron chi connectivity index (χ2n) is 5.21. The summed E-state index contributed by atoms with van der Waals surface area (Å²) in [5, 5.41) is 2.59. The lowest BCUT2D eigenvalue weighted by Gasteiger charge is -2.16. The summed E-state index contributed by atoms with van der Waals surface area (Å²) in [6.07, 6.45) is 1.80. The fraction of sp³-hybridized carbons (Fsp3) is 0.176. The number of hydrogen-bond donors (Lipinski definition) is 2. The summed E-state index contributed by atoms with van der Waals surface area (Å²) in [6, 6.07) is 8.67. The molecule has 0 radical (unpaired) electrons. The van der Waals surface area contributed by atoms with E-state index in [-0.39, 0.29) is 17.7 Å². The van der Waals surface area contributed by atoms with Crippen molar-refractivity contribution >= 4 is 33.7 Å². The van der Waals surface area contributed by atoms with Gasteiger partial charge in [-0.2, -0.15) is 0 Å².